The summed E-state index contributed by atoms with van der Waals surface area (Å²) >= 11 is 1.12. The van der Waals surface area contributed by atoms with Crippen LogP contribution in [0.4, 0.5) is 4.79 Å². The topological polar surface area (TPSA) is 102 Å². The lowest BCUT2D eigenvalue weighted by Gasteiger charge is -2.16. The van der Waals surface area contributed by atoms with Crippen molar-refractivity contribution in [3.05, 3.63) is 34.6 Å². The molecule has 0 spiro atoms. The van der Waals surface area contributed by atoms with Crippen molar-refractivity contribution in [2.24, 2.45) is 0 Å². The highest BCUT2D eigenvalue weighted by atomic mass is 32.2. The van der Waals surface area contributed by atoms with E-state index in [1.807, 2.05) is 6.07 Å². The molecule has 1 aliphatic heterocycles. The third-order valence-corrected chi connectivity index (χ3v) is 5.03. The Hall–Kier alpha value is -2.39. The number of ether oxygens (including phenoxy) is 1. The van der Waals surface area contributed by atoms with Crippen molar-refractivity contribution in [2.45, 2.75) is 30.6 Å². The van der Waals surface area contributed by atoms with Gasteiger partial charge in [-0.25, -0.2) is 9.78 Å². The minimum Gasteiger partial charge on any atom is -0.376 e. The Balaban J connectivity index is 1.87. The van der Waals surface area contributed by atoms with Crippen molar-refractivity contribution in [1.29, 1.82) is 0 Å². The number of hydrogen-bond acceptors (Lipinski definition) is 6. The molecule has 3 rings (SSSR count). The largest absolute Gasteiger partial charge is 0.376 e. The fourth-order valence-electron chi connectivity index (χ4n) is 2.77. The first-order valence-corrected chi connectivity index (χ1v) is 9.32. The molecule has 3 amide bonds. The molecular formula is C17H20N4O4S. The van der Waals surface area contributed by atoms with Crippen molar-refractivity contribution in [3.63, 3.8) is 0 Å². The Morgan fingerprint density at radius 1 is 1.38 bits per heavy atom. The summed E-state index contributed by atoms with van der Waals surface area (Å²) < 4.78 is 7.21. The van der Waals surface area contributed by atoms with Crippen LogP contribution >= 0.6 is 11.8 Å². The molecule has 8 nitrogen and oxygen atoms in total. The number of nitrogens with one attached hydrogen (secondary N) is 2. The van der Waals surface area contributed by atoms with Crippen LogP contribution in [-0.2, 0) is 16.1 Å². The predicted molar refractivity (Wildman–Crippen MR) is 98.3 cm³/mol. The van der Waals surface area contributed by atoms with Gasteiger partial charge in [-0.05, 0) is 25.0 Å². The quantitative estimate of drug-likeness (QED) is 0.599. The second-order valence-electron chi connectivity index (χ2n) is 5.88. The smallest absolute Gasteiger partial charge is 0.321 e. The summed E-state index contributed by atoms with van der Waals surface area (Å²) in [6.45, 7) is 1.09. The van der Waals surface area contributed by atoms with Crippen LogP contribution in [0.15, 0.2) is 34.2 Å². The van der Waals surface area contributed by atoms with Crippen molar-refractivity contribution in [2.75, 3.05) is 19.4 Å². The Labute approximate surface area is 154 Å². The Morgan fingerprint density at radius 2 is 2.19 bits per heavy atom. The van der Waals surface area contributed by atoms with Crippen LogP contribution in [0.3, 0.4) is 0 Å². The highest BCUT2D eigenvalue weighted by Crippen LogP contribution is 2.20. The molecule has 1 saturated heterocycles. The van der Waals surface area contributed by atoms with Crippen LogP contribution in [0.1, 0.15) is 12.8 Å². The van der Waals surface area contributed by atoms with Crippen LogP contribution in [0.25, 0.3) is 10.9 Å². The van der Waals surface area contributed by atoms with E-state index in [1.165, 1.54) is 7.05 Å². The highest BCUT2D eigenvalue weighted by molar-refractivity contribution is 7.99. The molecule has 2 heterocycles. The first kappa shape index (κ1) is 18.4. The lowest BCUT2D eigenvalue weighted by Crippen LogP contribution is -2.38. The number of nitrogens with zero attached hydrogens (tertiary/aromatic N) is 2. The normalized spacial score (nSPS) is 16.6. The van der Waals surface area contributed by atoms with E-state index in [1.54, 1.807) is 22.8 Å². The third kappa shape index (κ3) is 4.23. The molecule has 0 saturated carbocycles. The first-order chi connectivity index (χ1) is 12.6. The Kier molecular flexibility index (Phi) is 5.89. The number of fused-ring (bicyclic) bond motifs is 1. The fourth-order valence-corrected chi connectivity index (χ4v) is 3.57. The van der Waals surface area contributed by atoms with Crippen LogP contribution < -0.4 is 16.2 Å². The summed E-state index contributed by atoms with van der Waals surface area (Å²) in [5, 5.41) is 5.49. The van der Waals surface area contributed by atoms with Gasteiger partial charge < -0.3 is 10.1 Å². The predicted octanol–water partition coefficient (Wildman–Crippen LogP) is 1.12. The van der Waals surface area contributed by atoms with Gasteiger partial charge in [-0.1, -0.05) is 23.9 Å². The van der Waals surface area contributed by atoms with Crippen LogP contribution in [-0.4, -0.2) is 47.0 Å². The lowest BCUT2D eigenvalue weighted by atomic mass is 10.2. The molecule has 1 atom stereocenters. The Morgan fingerprint density at radius 3 is 2.92 bits per heavy atom. The van der Waals surface area contributed by atoms with Gasteiger partial charge in [0.25, 0.3) is 5.56 Å². The lowest BCUT2D eigenvalue weighted by molar-refractivity contribution is -0.117. The number of imide groups is 1. The van der Waals surface area contributed by atoms with Gasteiger partial charge in [0, 0.05) is 13.7 Å². The average molecular weight is 376 g/mol. The van der Waals surface area contributed by atoms with Crippen molar-refractivity contribution in [3.8, 4) is 0 Å². The number of carbonyl (C=O) groups excluding carboxylic acids is 2. The molecule has 2 N–H and O–H groups in total. The van der Waals surface area contributed by atoms with E-state index >= 15 is 0 Å². The summed E-state index contributed by atoms with van der Waals surface area (Å²) in [6.07, 6.45) is 1.83. The zero-order valence-electron chi connectivity index (χ0n) is 14.4. The van der Waals surface area contributed by atoms with E-state index in [4.69, 9.17) is 4.74 Å². The number of para-hydroxylation sites is 1. The fraction of sp³-hybridized carbons (Fsp3) is 0.412. The van der Waals surface area contributed by atoms with Gasteiger partial charge in [-0.2, -0.15) is 0 Å². The van der Waals surface area contributed by atoms with E-state index in [0.717, 1.165) is 24.6 Å². The molecule has 1 fully saturated rings. The van der Waals surface area contributed by atoms with Gasteiger partial charge in [0.15, 0.2) is 5.16 Å². The molecule has 1 aromatic carbocycles. The summed E-state index contributed by atoms with van der Waals surface area (Å²) in [7, 11) is 1.43. The molecule has 138 valence electrons. The maximum atomic E-state index is 12.9. The second kappa shape index (κ2) is 8.33. The van der Waals surface area contributed by atoms with E-state index in [0.29, 0.717) is 29.2 Å². The highest BCUT2D eigenvalue weighted by Gasteiger charge is 2.20. The monoisotopic (exact) mass is 376 g/mol. The van der Waals surface area contributed by atoms with Gasteiger partial charge in [0.2, 0.25) is 5.91 Å². The van der Waals surface area contributed by atoms with Crippen LogP contribution in [0.2, 0.25) is 0 Å². The maximum absolute atomic E-state index is 12.9. The van der Waals surface area contributed by atoms with Crippen molar-refractivity contribution < 1.29 is 14.3 Å². The Bertz CT molecular complexity index is 877. The molecule has 1 aromatic heterocycles. The molecule has 1 aliphatic rings. The number of benzene rings is 1. The molecule has 0 radical (unpaired) electrons. The third-order valence-electron chi connectivity index (χ3n) is 4.05. The van der Waals surface area contributed by atoms with E-state index in [-0.39, 0.29) is 17.4 Å². The molecule has 0 bridgehead atoms. The number of hydrogen-bond donors (Lipinski definition) is 2. The summed E-state index contributed by atoms with van der Waals surface area (Å²) in [5.74, 6) is -0.482. The summed E-state index contributed by atoms with van der Waals surface area (Å²) in [5.41, 5.74) is 0.426. The zero-order chi connectivity index (χ0) is 18.5. The van der Waals surface area contributed by atoms with Crippen molar-refractivity contribution in [1.82, 2.24) is 20.2 Å². The van der Waals surface area contributed by atoms with E-state index in [2.05, 4.69) is 15.6 Å². The molecule has 2 aromatic rings. The molecule has 9 heteroatoms. The average Bonchev–Trinajstić information content (AvgIpc) is 3.15. The van der Waals surface area contributed by atoms with Crippen LogP contribution in [0, 0.1) is 0 Å². The molecule has 0 unspecified atom stereocenters. The molecule has 26 heavy (non-hydrogen) atoms. The van der Waals surface area contributed by atoms with Crippen molar-refractivity contribution >= 4 is 34.6 Å². The van der Waals surface area contributed by atoms with Gasteiger partial charge in [0.05, 0.1) is 29.3 Å². The van der Waals surface area contributed by atoms with Gasteiger partial charge in [-0.3, -0.25) is 19.5 Å². The number of carbonyl (C=O) groups is 2. The second-order valence-corrected chi connectivity index (χ2v) is 6.82. The van der Waals surface area contributed by atoms with E-state index in [9.17, 15) is 14.4 Å². The van der Waals surface area contributed by atoms with Gasteiger partial charge in [-0.15, -0.1) is 0 Å². The van der Waals surface area contributed by atoms with E-state index < -0.39 is 11.9 Å². The molecular weight excluding hydrogens is 356 g/mol. The molecule has 0 aliphatic carbocycles. The SMILES string of the molecule is CNC(=O)NC(=O)CSc1nc2ccccc2c(=O)n1C[C@@H]1CCCO1. The van der Waals surface area contributed by atoms with Gasteiger partial charge in [0.1, 0.15) is 0 Å². The minimum absolute atomic E-state index is 0.0241. The number of amides is 3. The van der Waals surface area contributed by atoms with Crippen LogP contribution in [0.5, 0.6) is 0 Å². The number of urea groups is 1. The number of thioether (sulfide) groups is 1. The number of aromatic nitrogens is 2. The number of rotatable bonds is 5. The maximum Gasteiger partial charge on any atom is 0.321 e. The minimum atomic E-state index is -0.571. The summed E-state index contributed by atoms with van der Waals surface area (Å²) in [6, 6.07) is 6.54. The summed E-state index contributed by atoms with van der Waals surface area (Å²) in [4.78, 5) is 40.5. The van der Waals surface area contributed by atoms with Gasteiger partial charge >= 0.3 is 6.03 Å². The zero-order valence-corrected chi connectivity index (χ0v) is 15.2. The standard InChI is InChI=1S/C17H20N4O4S/c1-18-16(24)20-14(22)10-26-17-19-13-7-3-2-6-12(13)15(23)21(17)9-11-5-4-8-25-11/h2-3,6-7,11H,4-5,8-10H2,1H3,(H2,18,20,22,24)/t11-/m0/s1. The first-order valence-electron chi connectivity index (χ1n) is 8.34.